The number of carbonyl (C=O) groups excluding carboxylic acids is 1. The predicted molar refractivity (Wildman–Crippen MR) is 125 cm³/mol. The van der Waals surface area contributed by atoms with E-state index < -0.39 is 0 Å². The number of methoxy groups -OCH3 is 1. The Bertz CT molecular complexity index is 816. The second-order valence-corrected chi connectivity index (χ2v) is 9.18. The summed E-state index contributed by atoms with van der Waals surface area (Å²) in [6.07, 6.45) is 3.61. The summed E-state index contributed by atoms with van der Waals surface area (Å²) >= 11 is 0. The van der Waals surface area contributed by atoms with Crippen molar-refractivity contribution in [1.29, 1.82) is 0 Å². The molecule has 2 aromatic rings. The summed E-state index contributed by atoms with van der Waals surface area (Å²) in [6.45, 7) is 8.53. The minimum Gasteiger partial charge on any atom is -0.497 e. The first-order chi connectivity index (χ1) is 14.9. The number of hydrogen-bond donors (Lipinski definition) is 0. The third-order valence-corrected chi connectivity index (χ3v) is 6.43. The molecule has 1 aliphatic heterocycles. The highest BCUT2D eigenvalue weighted by molar-refractivity contribution is 5.75. The number of hydrogen-bond acceptors (Lipinski definition) is 3. The van der Waals surface area contributed by atoms with Crippen molar-refractivity contribution in [2.45, 2.75) is 64.5 Å². The molecule has 0 bridgehead atoms. The molecular formula is C27H37NO3. The molecule has 2 atom stereocenters. The Hall–Kier alpha value is -2.33. The van der Waals surface area contributed by atoms with Gasteiger partial charge in [-0.2, -0.15) is 0 Å². The van der Waals surface area contributed by atoms with Crippen LogP contribution >= 0.6 is 0 Å². The zero-order valence-electron chi connectivity index (χ0n) is 19.5. The maximum absolute atomic E-state index is 12.7. The number of carbonyl (C=O) groups is 1. The fraction of sp³-hybridized carbons (Fsp3) is 0.519. The van der Waals surface area contributed by atoms with E-state index in [1.54, 1.807) is 7.11 Å². The van der Waals surface area contributed by atoms with Crippen molar-refractivity contribution in [3.8, 4) is 5.75 Å². The van der Waals surface area contributed by atoms with E-state index >= 15 is 0 Å². The molecule has 31 heavy (non-hydrogen) atoms. The highest BCUT2D eigenvalue weighted by Crippen LogP contribution is 2.40. The van der Waals surface area contributed by atoms with Crippen molar-refractivity contribution < 1.29 is 14.3 Å². The topological polar surface area (TPSA) is 38.8 Å². The van der Waals surface area contributed by atoms with Crippen molar-refractivity contribution in [1.82, 2.24) is 4.90 Å². The summed E-state index contributed by atoms with van der Waals surface area (Å²) in [4.78, 5) is 14.8. The zero-order chi connectivity index (χ0) is 22.3. The first-order valence-corrected chi connectivity index (χ1v) is 11.5. The quantitative estimate of drug-likeness (QED) is 0.511. The zero-order valence-corrected chi connectivity index (χ0v) is 19.5. The van der Waals surface area contributed by atoms with E-state index in [9.17, 15) is 4.79 Å². The molecule has 0 saturated carbocycles. The number of benzene rings is 2. The summed E-state index contributed by atoms with van der Waals surface area (Å²) in [5.41, 5.74) is 2.42. The van der Waals surface area contributed by atoms with Crippen molar-refractivity contribution in [3.63, 3.8) is 0 Å². The van der Waals surface area contributed by atoms with Gasteiger partial charge in [0.05, 0.1) is 12.7 Å². The van der Waals surface area contributed by atoms with Gasteiger partial charge in [0.1, 0.15) is 5.75 Å². The van der Waals surface area contributed by atoms with E-state index in [1.165, 1.54) is 5.56 Å². The molecule has 1 fully saturated rings. The van der Waals surface area contributed by atoms with E-state index in [0.717, 1.165) is 43.7 Å². The number of nitrogens with zero attached hydrogens (tertiary/aromatic N) is 1. The average molecular weight is 424 g/mol. The van der Waals surface area contributed by atoms with Gasteiger partial charge in [0.15, 0.2) is 0 Å². The molecule has 0 N–H and O–H groups in total. The highest BCUT2D eigenvalue weighted by atomic mass is 16.5. The van der Waals surface area contributed by atoms with Gasteiger partial charge in [0.25, 0.3) is 0 Å². The van der Waals surface area contributed by atoms with E-state index in [1.807, 2.05) is 36.1 Å². The van der Waals surface area contributed by atoms with Gasteiger partial charge >= 0.3 is 0 Å². The maximum Gasteiger partial charge on any atom is 0.222 e. The highest BCUT2D eigenvalue weighted by Gasteiger charge is 2.34. The first kappa shape index (κ1) is 23.3. The molecule has 2 aromatic carbocycles. The summed E-state index contributed by atoms with van der Waals surface area (Å²) in [6, 6.07) is 18.8. The third kappa shape index (κ3) is 6.57. The Balaban J connectivity index is 1.75. The molecule has 4 nitrogen and oxygen atoms in total. The normalized spacial score (nSPS) is 18.9. The summed E-state index contributed by atoms with van der Waals surface area (Å²) in [5, 5.41) is 0. The summed E-state index contributed by atoms with van der Waals surface area (Å²) in [7, 11) is 1.67. The van der Waals surface area contributed by atoms with Crippen molar-refractivity contribution >= 4 is 5.91 Å². The van der Waals surface area contributed by atoms with Gasteiger partial charge in [-0.05, 0) is 68.2 Å². The monoisotopic (exact) mass is 423 g/mol. The fourth-order valence-electron chi connectivity index (χ4n) is 4.76. The number of amides is 1. The van der Waals surface area contributed by atoms with Crippen LogP contribution < -0.4 is 4.74 Å². The molecule has 0 aliphatic carbocycles. The van der Waals surface area contributed by atoms with E-state index in [0.29, 0.717) is 24.8 Å². The Morgan fingerprint density at radius 1 is 1.16 bits per heavy atom. The molecule has 0 radical (unpaired) electrons. The van der Waals surface area contributed by atoms with Crippen LogP contribution in [0.4, 0.5) is 0 Å². The van der Waals surface area contributed by atoms with Crippen LogP contribution in [0.1, 0.15) is 63.5 Å². The van der Waals surface area contributed by atoms with Crippen LogP contribution in [0.5, 0.6) is 5.75 Å². The van der Waals surface area contributed by atoms with Crippen LogP contribution in [0.15, 0.2) is 54.6 Å². The van der Waals surface area contributed by atoms with Crippen LogP contribution in [0.25, 0.3) is 0 Å². The summed E-state index contributed by atoms with van der Waals surface area (Å²) < 4.78 is 11.2. The fourth-order valence-corrected chi connectivity index (χ4v) is 4.76. The van der Waals surface area contributed by atoms with Gasteiger partial charge in [-0.1, -0.05) is 49.4 Å². The lowest BCUT2D eigenvalue weighted by Crippen LogP contribution is -2.37. The van der Waals surface area contributed by atoms with Gasteiger partial charge in [-0.3, -0.25) is 4.79 Å². The van der Waals surface area contributed by atoms with Crippen molar-refractivity contribution in [3.05, 3.63) is 65.7 Å². The molecule has 3 rings (SSSR count). The molecule has 168 valence electrons. The molecule has 1 saturated heterocycles. The summed E-state index contributed by atoms with van der Waals surface area (Å²) in [5.74, 6) is 2.02. The maximum atomic E-state index is 12.7. The van der Waals surface area contributed by atoms with Gasteiger partial charge < -0.3 is 14.4 Å². The minimum absolute atomic E-state index is 0.0854. The Morgan fingerprint density at radius 3 is 2.48 bits per heavy atom. The number of ether oxygens (including phenoxy) is 2. The molecule has 1 aliphatic rings. The smallest absolute Gasteiger partial charge is 0.222 e. The van der Waals surface area contributed by atoms with Crippen LogP contribution in [-0.2, 0) is 16.1 Å². The van der Waals surface area contributed by atoms with Crippen LogP contribution in [-0.4, -0.2) is 36.7 Å². The molecule has 0 unspecified atom stereocenters. The second-order valence-electron chi connectivity index (χ2n) is 9.18. The Labute approximate surface area is 187 Å². The number of rotatable bonds is 9. The lowest BCUT2D eigenvalue weighted by atomic mass is 9.75. The van der Waals surface area contributed by atoms with Gasteiger partial charge in [0.2, 0.25) is 5.91 Å². The SMILES string of the molecule is CCC(=O)N(CC[C@@H](c1ccccc1)[C@@H]1CCOC(C)(C)C1)Cc1ccc(OC)cc1. The molecule has 4 heteroatoms. The van der Waals surface area contributed by atoms with Crippen LogP contribution in [0.3, 0.4) is 0 Å². The van der Waals surface area contributed by atoms with Gasteiger partial charge in [0, 0.05) is 26.1 Å². The minimum atomic E-state index is -0.0854. The lowest BCUT2D eigenvalue weighted by Gasteiger charge is -2.40. The first-order valence-electron chi connectivity index (χ1n) is 11.5. The van der Waals surface area contributed by atoms with Gasteiger partial charge in [-0.15, -0.1) is 0 Å². The molecule has 1 heterocycles. The van der Waals surface area contributed by atoms with Crippen LogP contribution in [0.2, 0.25) is 0 Å². The Morgan fingerprint density at radius 2 is 1.87 bits per heavy atom. The molecular weight excluding hydrogens is 386 g/mol. The second kappa shape index (κ2) is 10.8. The molecule has 0 spiro atoms. The van der Waals surface area contributed by atoms with E-state index in [-0.39, 0.29) is 11.5 Å². The van der Waals surface area contributed by atoms with E-state index in [4.69, 9.17) is 9.47 Å². The molecule has 0 aromatic heterocycles. The van der Waals surface area contributed by atoms with Crippen molar-refractivity contribution in [2.75, 3.05) is 20.3 Å². The van der Waals surface area contributed by atoms with Crippen LogP contribution in [0, 0.1) is 5.92 Å². The van der Waals surface area contributed by atoms with Crippen molar-refractivity contribution in [2.24, 2.45) is 5.92 Å². The molecule has 1 amide bonds. The third-order valence-electron chi connectivity index (χ3n) is 6.43. The lowest BCUT2D eigenvalue weighted by molar-refractivity contribution is -0.131. The van der Waals surface area contributed by atoms with Gasteiger partial charge in [-0.25, -0.2) is 0 Å². The standard InChI is InChI=1S/C27H37NO3/c1-5-26(29)28(20-21-11-13-24(30-4)14-12-21)17-15-25(22-9-7-6-8-10-22)23-16-18-31-27(2,3)19-23/h6-14,23,25H,5,15-20H2,1-4H3/t23-,25+/m1/s1. The van der Waals surface area contributed by atoms with E-state index in [2.05, 4.69) is 44.2 Å². The predicted octanol–water partition coefficient (Wildman–Crippen LogP) is 5.81. The largest absolute Gasteiger partial charge is 0.497 e. The average Bonchev–Trinajstić information content (AvgIpc) is 2.78. The Kier molecular flexibility index (Phi) is 8.14.